The second-order valence-electron chi connectivity index (χ2n) is 5.43. The molecule has 0 radical (unpaired) electrons. The molecule has 0 saturated carbocycles. The Morgan fingerprint density at radius 1 is 0.591 bits per heavy atom. The Bertz CT molecular complexity index is 906. The van der Waals surface area contributed by atoms with Crippen LogP contribution in [0.1, 0.15) is 0 Å². The van der Waals surface area contributed by atoms with Crippen LogP contribution in [-0.2, 0) is 4.57 Å². The third-order valence-corrected chi connectivity index (χ3v) is 5.03. The van der Waals surface area contributed by atoms with Crippen LogP contribution in [0.25, 0.3) is 33.4 Å². The van der Waals surface area contributed by atoms with Gasteiger partial charge in [0, 0.05) is 0 Å². The van der Waals surface area contributed by atoms with E-state index in [0.717, 1.165) is 22.3 Å². The van der Waals surface area contributed by atoms with Gasteiger partial charge in [-0.25, -0.2) is 0 Å². The molecular weight excluding hydrogens is 295 g/mol. The van der Waals surface area contributed by atoms with Crippen LogP contribution >= 0.6 is 7.60 Å². The molecule has 2 aliphatic rings. The number of benzene rings is 3. The molecule has 0 aliphatic heterocycles. The minimum Gasteiger partial charge on any atom is -0.321 e. The van der Waals surface area contributed by atoms with Crippen molar-refractivity contribution >= 4 is 12.9 Å². The van der Waals surface area contributed by atoms with E-state index in [0.29, 0.717) is 0 Å². The number of fused-ring (bicyclic) bond motifs is 2. The standard InChI is InChI=1S/C18H13O3P/c19-22(20,21)16-8-5-13(6-9-16)17-10-7-15-11-18(17)14-3-1-12(15)2-4-14/h1-11H,(H2,19,20,21). The molecule has 0 aromatic heterocycles. The smallest absolute Gasteiger partial charge is 0.321 e. The van der Waals surface area contributed by atoms with Gasteiger partial charge in [-0.05, 0) is 51.6 Å². The highest BCUT2D eigenvalue weighted by Gasteiger charge is 2.18. The largest absolute Gasteiger partial charge is 0.356 e. The normalized spacial score (nSPS) is 12.3. The molecule has 4 heteroatoms. The Balaban J connectivity index is 1.86. The molecule has 0 heterocycles. The molecule has 2 N–H and O–H groups in total. The summed E-state index contributed by atoms with van der Waals surface area (Å²) in [6.45, 7) is 0. The molecule has 0 atom stereocenters. The monoisotopic (exact) mass is 308 g/mol. The first-order valence-corrected chi connectivity index (χ1v) is 8.55. The van der Waals surface area contributed by atoms with Crippen LogP contribution in [0.4, 0.5) is 0 Å². The van der Waals surface area contributed by atoms with Gasteiger partial charge in [-0.2, -0.15) is 0 Å². The van der Waals surface area contributed by atoms with Crippen molar-refractivity contribution < 1.29 is 14.4 Å². The maximum atomic E-state index is 11.3. The van der Waals surface area contributed by atoms with Gasteiger partial charge in [0.25, 0.3) is 0 Å². The summed E-state index contributed by atoms with van der Waals surface area (Å²) in [7, 11) is -4.19. The molecule has 4 bridgehead atoms. The first kappa shape index (κ1) is 13.5. The Morgan fingerprint density at radius 3 is 1.73 bits per heavy atom. The van der Waals surface area contributed by atoms with Gasteiger partial charge >= 0.3 is 7.60 Å². The molecule has 3 nitrogen and oxygen atoms in total. The lowest BCUT2D eigenvalue weighted by Crippen LogP contribution is -2.02. The van der Waals surface area contributed by atoms with Crippen LogP contribution in [0.15, 0.2) is 66.7 Å². The SMILES string of the molecule is O=P(O)(O)c1ccc(-c2ccc3cc2-c2ccc-3cc2)cc1. The van der Waals surface area contributed by atoms with Crippen molar-refractivity contribution in [1.82, 2.24) is 0 Å². The summed E-state index contributed by atoms with van der Waals surface area (Å²) in [6, 6.07) is 21.2. The second-order valence-corrected chi connectivity index (χ2v) is 7.03. The summed E-state index contributed by atoms with van der Waals surface area (Å²) in [5.41, 5.74) is 6.69. The van der Waals surface area contributed by atoms with Gasteiger partial charge < -0.3 is 9.79 Å². The zero-order valence-electron chi connectivity index (χ0n) is 11.6. The van der Waals surface area contributed by atoms with Crippen LogP contribution in [-0.4, -0.2) is 9.79 Å². The molecule has 5 rings (SSSR count). The lowest BCUT2D eigenvalue weighted by atomic mass is 9.95. The summed E-state index contributed by atoms with van der Waals surface area (Å²) < 4.78 is 11.3. The average Bonchev–Trinajstić information content (AvgIpc) is 2.74. The highest BCUT2D eigenvalue weighted by Crippen LogP contribution is 2.40. The first-order valence-electron chi connectivity index (χ1n) is 6.94. The van der Waals surface area contributed by atoms with Crippen LogP contribution in [0.3, 0.4) is 0 Å². The van der Waals surface area contributed by atoms with Crippen molar-refractivity contribution in [1.29, 1.82) is 0 Å². The fourth-order valence-electron chi connectivity index (χ4n) is 2.89. The quantitative estimate of drug-likeness (QED) is 0.554. The maximum absolute atomic E-state index is 11.3. The predicted molar refractivity (Wildman–Crippen MR) is 88.0 cm³/mol. The topological polar surface area (TPSA) is 57.5 Å². The molecule has 108 valence electrons. The molecule has 2 aliphatic carbocycles. The van der Waals surface area contributed by atoms with E-state index in [1.165, 1.54) is 23.3 Å². The molecule has 0 spiro atoms. The van der Waals surface area contributed by atoms with Crippen molar-refractivity contribution in [2.45, 2.75) is 0 Å². The van der Waals surface area contributed by atoms with E-state index in [2.05, 4.69) is 42.5 Å². The van der Waals surface area contributed by atoms with E-state index in [1.54, 1.807) is 12.1 Å². The second kappa shape index (κ2) is 4.65. The van der Waals surface area contributed by atoms with Crippen molar-refractivity contribution in [2.75, 3.05) is 0 Å². The Morgan fingerprint density at radius 2 is 1.09 bits per heavy atom. The highest BCUT2D eigenvalue weighted by atomic mass is 31.2. The molecular formula is C18H13O3P. The van der Waals surface area contributed by atoms with Gasteiger partial charge in [0.1, 0.15) is 0 Å². The van der Waals surface area contributed by atoms with Crippen LogP contribution in [0.5, 0.6) is 0 Å². The zero-order valence-corrected chi connectivity index (χ0v) is 12.5. The van der Waals surface area contributed by atoms with Crippen molar-refractivity contribution in [2.24, 2.45) is 0 Å². The molecule has 0 amide bonds. The summed E-state index contributed by atoms with van der Waals surface area (Å²) in [4.78, 5) is 18.4. The third-order valence-electron chi connectivity index (χ3n) is 4.06. The van der Waals surface area contributed by atoms with Gasteiger partial charge in [0.2, 0.25) is 0 Å². The maximum Gasteiger partial charge on any atom is 0.356 e. The molecule has 3 aromatic rings. The number of hydrogen-bond acceptors (Lipinski definition) is 1. The van der Waals surface area contributed by atoms with E-state index < -0.39 is 7.60 Å². The Labute approximate surface area is 128 Å². The summed E-state index contributed by atoms with van der Waals surface area (Å²) >= 11 is 0. The zero-order chi connectivity index (χ0) is 15.3. The van der Waals surface area contributed by atoms with Gasteiger partial charge in [0.15, 0.2) is 0 Å². The molecule has 0 fully saturated rings. The summed E-state index contributed by atoms with van der Waals surface area (Å²) in [5.74, 6) is 0. The Kier molecular flexibility index (Phi) is 2.85. The van der Waals surface area contributed by atoms with Crippen LogP contribution in [0.2, 0.25) is 0 Å². The van der Waals surface area contributed by atoms with Gasteiger partial charge in [-0.15, -0.1) is 0 Å². The predicted octanol–water partition coefficient (Wildman–Crippen LogP) is 3.80. The third kappa shape index (κ3) is 2.11. The van der Waals surface area contributed by atoms with Gasteiger partial charge in [0.05, 0.1) is 5.30 Å². The molecule has 3 aromatic carbocycles. The van der Waals surface area contributed by atoms with E-state index in [-0.39, 0.29) is 5.30 Å². The fourth-order valence-corrected chi connectivity index (χ4v) is 3.43. The Hall–Kier alpha value is -2.19. The van der Waals surface area contributed by atoms with Crippen molar-refractivity contribution in [3.63, 3.8) is 0 Å². The lowest BCUT2D eigenvalue weighted by Gasteiger charge is -2.10. The molecule has 22 heavy (non-hydrogen) atoms. The van der Waals surface area contributed by atoms with Crippen molar-refractivity contribution in [3.05, 3.63) is 66.7 Å². The minimum atomic E-state index is -4.19. The fraction of sp³-hybridized carbons (Fsp3) is 0. The molecule has 0 unspecified atom stereocenters. The van der Waals surface area contributed by atoms with Crippen LogP contribution < -0.4 is 5.30 Å². The van der Waals surface area contributed by atoms with E-state index >= 15 is 0 Å². The van der Waals surface area contributed by atoms with Crippen molar-refractivity contribution in [3.8, 4) is 33.4 Å². The van der Waals surface area contributed by atoms with E-state index in [4.69, 9.17) is 0 Å². The van der Waals surface area contributed by atoms with E-state index in [1.807, 2.05) is 0 Å². The summed E-state index contributed by atoms with van der Waals surface area (Å²) in [6.07, 6.45) is 0. The highest BCUT2D eigenvalue weighted by molar-refractivity contribution is 7.60. The van der Waals surface area contributed by atoms with Gasteiger partial charge in [-0.1, -0.05) is 48.5 Å². The first-order chi connectivity index (χ1) is 10.5. The summed E-state index contributed by atoms with van der Waals surface area (Å²) in [5, 5.41) is 0.0441. The number of hydrogen-bond donors (Lipinski definition) is 2. The van der Waals surface area contributed by atoms with Crippen LogP contribution in [0, 0.1) is 0 Å². The van der Waals surface area contributed by atoms with Gasteiger partial charge in [-0.3, -0.25) is 4.57 Å². The molecule has 0 saturated heterocycles. The lowest BCUT2D eigenvalue weighted by molar-refractivity contribution is 0.387. The average molecular weight is 308 g/mol. The van der Waals surface area contributed by atoms with E-state index in [9.17, 15) is 14.4 Å². The number of rotatable bonds is 2. The minimum absolute atomic E-state index is 0.0441.